The van der Waals surface area contributed by atoms with E-state index in [9.17, 15) is 4.79 Å². The normalized spacial score (nSPS) is 28.6. The molecule has 0 aromatic rings. The van der Waals surface area contributed by atoms with E-state index >= 15 is 0 Å². The topological polar surface area (TPSA) is 54.1 Å². The first-order chi connectivity index (χ1) is 4.88. The van der Waals surface area contributed by atoms with Crippen molar-refractivity contribution in [1.29, 1.82) is 0 Å². The summed E-state index contributed by atoms with van der Waals surface area (Å²) in [7, 11) is 0. The molecule has 10 heavy (non-hydrogen) atoms. The fourth-order valence-electron chi connectivity index (χ4n) is 1.03. The minimum Gasteiger partial charge on any atom is -0.292 e. The molecule has 1 amide bonds. The number of rotatable bonds is 0. The lowest BCUT2D eigenvalue weighted by atomic mass is 10.0. The second kappa shape index (κ2) is 1.83. The SMILES string of the molecule is O=C1N=NC=C2C=NCC12. The van der Waals surface area contributed by atoms with E-state index in [1.165, 1.54) is 0 Å². The van der Waals surface area contributed by atoms with Crippen molar-refractivity contribution in [2.24, 2.45) is 21.1 Å². The number of azo groups is 1. The average molecular weight is 135 g/mol. The highest BCUT2D eigenvalue weighted by Gasteiger charge is 2.27. The molecule has 2 heterocycles. The predicted molar refractivity (Wildman–Crippen MR) is 34.8 cm³/mol. The molecule has 0 fully saturated rings. The summed E-state index contributed by atoms with van der Waals surface area (Å²) in [5.74, 6) is -0.299. The molecule has 0 aliphatic carbocycles. The van der Waals surface area contributed by atoms with Gasteiger partial charge in [-0.25, -0.2) is 0 Å². The van der Waals surface area contributed by atoms with Crippen LogP contribution in [0, 0.1) is 5.92 Å². The lowest BCUT2D eigenvalue weighted by Gasteiger charge is -2.05. The van der Waals surface area contributed by atoms with Crippen LogP contribution in [0.1, 0.15) is 0 Å². The highest BCUT2D eigenvalue weighted by molar-refractivity contribution is 5.95. The summed E-state index contributed by atoms with van der Waals surface area (Å²) in [5.41, 5.74) is 0.889. The van der Waals surface area contributed by atoms with Crippen molar-refractivity contribution in [3.63, 3.8) is 0 Å². The first-order valence-electron chi connectivity index (χ1n) is 3.02. The molecule has 2 rings (SSSR count). The molecule has 0 saturated heterocycles. The van der Waals surface area contributed by atoms with Crippen LogP contribution in [0.5, 0.6) is 0 Å². The van der Waals surface area contributed by atoms with Gasteiger partial charge in [0.2, 0.25) is 0 Å². The van der Waals surface area contributed by atoms with Crippen LogP contribution >= 0.6 is 0 Å². The molecule has 0 bridgehead atoms. The van der Waals surface area contributed by atoms with Gasteiger partial charge in [0.25, 0.3) is 5.91 Å². The molecule has 2 aliphatic rings. The summed E-state index contributed by atoms with van der Waals surface area (Å²) < 4.78 is 0. The average Bonchev–Trinajstić information content (AvgIpc) is 2.36. The number of carbonyl (C=O) groups excluding carboxylic acids is 1. The summed E-state index contributed by atoms with van der Waals surface area (Å²) in [6, 6.07) is 0. The zero-order valence-corrected chi connectivity index (χ0v) is 5.19. The smallest absolute Gasteiger partial charge is 0.274 e. The number of hydrogen-bond acceptors (Lipinski definition) is 3. The molecule has 1 unspecified atom stereocenters. The van der Waals surface area contributed by atoms with E-state index in [2.05, 4.69) is 15.2 Å². The van der Waals surface area contributed by atoms with Gasteiger partial charge in [-0.15, -0.1) is 5.11 Å². The van der Waals surface area contributed by atoms with E-state index < -0.39 is 0 Å². The van der Waals surface area contributed by atoms with Gasteiger partial charge in [0.15, 0.2) is 0 Å². The molecule has 2 aliphatic heterocycles. The van der Waals surface area contributed by atoms with Crippen LogP contribution in [0.15, 0.2) is 27.0 Å². The highest BCUT2D eigenvalue weighted by Crippen LogP contribution is 2.20. The van der Waals surface area contributed by atoms with Crippen LogP contribution in [0.25, 0.3) is 0 Å². The molecular formula is C6H5N3O. The number of carbonyl (C=O) groups is 1. The van der Waals surface area contributed by atoms with Crippen LogP contribution in [0.2, 0.25) is 0 Å². The van der Waals surface area contributed by atoms with E-state index in [1.54, 1.807) is 12.4 Å². The van der Waals surface area contributed by atoms with Crippen molar-refractivity contribution in [3.05, 3.63) is 11.8 Å². The van der Waals surface area contributed by atoms with E-state index in [1.807, 2.05) is 0 Å². The van der Waals surface area contributed by atoms with Crippen molar-refractivity contribution in [2.45, 2.75) is 0 Å². The second-order valence-electron chi connectivity index (χ2n) is 2.23. The Balaban J connectivity index is 2.40. The minimum atomic E-state index is -0.171. The largest absolute Gasteiger partial charge is 0.292 e. The summed E-state index contributed by atoms with van der Waals surface area (Å²) in [4.78, 5) is 14.8. The summed E-state index contributed by atoms with van der Waals surface area (Å²) in [6.45, 7) is 0.545. The van der Waals surface area contributed by atoms with Gasteiger partial charge in [0, 0.05) is 11.8 Å². The Hall–Kier alpha value is -1.32. The molecule has 0 saturated carbocycles. The van der Waals surface area contributed by atoms with Gasteiger partial charge in [0.05, 0.1) is 18.7 Å². The number of nitrogens with zero attached hydrogens (tertiary/aromatic N) is 3. The van der Waals surface area contributed by atoms with Crippen LogP contribution in [-0.4, -0.2) is 18.7 Å². The van der Waals surface area contributed by atoms with Gasteiger partial charge in [-0.3, -0.25) is 9.79 Å². The zero-order chi connectivity index (χ0) is 6.97. The molecule has 0 aromatic heterocycles. The maximum Gasteiger partial charge on any atom is 0.274 e. The van der Waals surface area contributed by atoms with Crippen LogP contribution in [-0.2, 0) is 4.79 Å². The Morgan fingerprint density at radius 3 is 3.30 bits per heavy atom. The van der Waals surface area contributed by atoms with Crippen molar-refractivity contribution in [1.82, 2.24) is 0 Å². The third-order valence-corrected chi connectivity index (χ3v) is 1.59. The fraction of sp³-hybridized carbons (Fsp3) is 0.333. The van der Waals surface area contributed by atoms with Crippen LogP contribution in [0.3, 0.4) is 0 Å². The monoisotopic (exact) mass is 135 g/mol. The molecule has 0 N–H and O–H groups in total. The van der Waals surface area contributed by atoms with Crippen molar-refractivity contribution >= 4 is 12.1 Å². The third kappa shape index (κ3) is 0.618. The molecular weight excluding hydrogens is 130 g/mol. The zero-order valence-electron chi connectivity index (χ0n) is 5.19. The number of amides is 1. The standard InChI is InChI=1S/C6H5N3O/c10-6-5-3-7-1-4(5)2-8-9-6/h1-2,5H,3H2. The molecule has 4 heteroatoms. The van der Waals surface area contributed by atoms with Gasteiger partial charge in [0.1, 0.15) is 0 Å². The summed E-state index contributed by atoms with van der Waals surface area (Å²) in [5, 5.41) is 6.93. The van der Waals surface area contributed by atoms with Gasteiger partial charge in [-0.2, -0.15) is 5.11 Å². The van der Waals surface area contributed by atoms with E-state index in [-0.39, 0.29) is 11.8 Å². The second-order valence-corrected chi connectivity index (χ2v) is 2.23. The maximum absolute atomic E-state index is 10.9. The number of hydrogen-bond donors (Lipinski definition) is 0. The van der Waals surface area contributed by atoms with Gasteiger partial charge >= 0.3 is 0 Å². The maximum atomic E-state index is 10.9. The van der Waals surface area contributed by atoms with Crippen LogP contribution in [0.4, 0.5) is 0 Å². The molecule has 4 nitrogen and oxygen atoms in total. The van der Waals surface area contributed by atoms with Crippen LogP contribution < -0.4 is 0 Å². The predicted octanol–water partition coefficient (Wildman–Crippen LogP) is 0.563. The quantitative estimate of drug-likeness (QED) is 0.478. The van der Waals surface area contributed by atoms with E-state index in [0.717, 1.165) is 5.57 Å². The lowest BCUT2D eigenvalue weighted by molar-refractivity contribution is -0.120. The van der Waals surface area contributed by atoms with Crippen molar-refractivity contribution in [2.75, 3.05) is 6.54 Å². The first-order valence-corrected chi connectivity index (χ1v) is 3.02. The first kappa shape index (κ1) is 5.46. The Morgan fingerprint density at radius 2 is 2.50 bits per heavy atom. The Kier molecular flexibility index (Phi) is 1.00. The molecule has 1 atom stereocenters. The lowest BCUT2D eigenvalue weighted by Crippen LogP contribution is -2.15. The van der Waals surface area contributed by atoms with E-state index in [4.69, 9.17) is 0 Å². The van der Waals surface area contributed by atoms with Gasteiger partial charge in [-0.05, 0) is 0 Å². The third-order valence-electron chi connectivity index (χ3n) is 1.59. The Bertz CT molecular complexity index is 264. The highest BCUT2D eigenvalue weighted by atomic mass is 16.2. The molecule has 50 valence electrons. The Labute approximate surface area is 57.4 Å². The van der Waals surface area contributed by atoms with E-state index in [0.29, 0.717) is 6.54 Å². The number of fused-ring (bicyclic) bond motifs is 1. The summed E-state index contributed by atoms with van der Waals surface area (Å²) in [6.07, 6.45) is 3.27. The number of aliphatic imine (C=N–C) groups is 1. The van der Waals surface area contributed by atoms with Crippen molar-refractivity contribution in [3.8, 4) is 0 Å². The minimum absolute atomic E-state index is 0.127. The Morgan fingerprint density at radius 1 is 1.60 bits per heavy atom. The molecule has 0 spiro atoms. The molecule has 0 radical (unpaired) electrons. The summed E-state index contributed by atoms with van der Waals surface area (Å²) >= 11 is 0. The van der Waals surface area contributed by atoms with Gasteiger partial charge < -0.3 is 0 Å². The van der Waals surface area contributed by atoms with Crippen molar-refractivity contribution < 1.29 is 4.79 Å². The van der Waals surface area contributed by atoms with Gasteiger partial charge in [-0.1, -0.05) is 0 Å². The molecule has 0 aromatic carbocycles. The fourth-order valence-corrected chi connectivity index (χ4v) is 1.03.